The predicted octanol–water partition coefficient (Wildman–Crippen LogP) is 1.50. The van der Waals surface area contributed by atoms with E-state index in [1.807, 2.05) is 0 Å². The number of aromatic nitrogens is 1. The van der Waals surface area contributed by atoms with Gasteiger partial charge in [-0.3, -0.25) is 9.78 Å². The summed E-state index contributed by atoms with van der Waals surface area (Å²) in [5, 5.41) is 2.79. The molecule has 3 aromatic rings. The first-order chi connectivity index (χ1) is 12.4. The Balaban J connectivity index is 1.81. The van der Waals surface area contributed by atoms with Crippen molar-refractivity contribution in [2.24, 2.45) is 0 Å². The number of hydrogen-bond donors (Lipinski definition) is 3. The molecule has 1 aromatic heterocycles. The van der Waals surface area contributed by atoms with Crippen LogP contribution >= 0.6 is 0 Å². The molecular weight excluding hydrogens is 358 g/mol. The van der Waals surface area contributed by atoms with E-state index in [9.17, 15) is 18.0 Å². The Kier molecular flexibility index (Phi) is 3.70. The van der Waals surface area contributed by atoms with Gasteiger partial charge in [0.1, 0.15) is 0 Å². The standard InChI is InChI=1S/C17H15N3O5S/c1-18-26(23,24)10-4-2-9(3-5-10)11-7-16(21)19-13-8-15-14(6-12(11)13)20-17(22)25-15/h2-6,8,11,18H,7H2,1H3,(H,19,21)(H,20,22)/t11-/m1/s1. The van der Waals surface area contributed by atoms with E-state index in [0.29, 0.717) is 16.8 Å². The highest BCUT2D eigenvalue weighted by Crippen LogP contribution is 2.39. The molecule has 0 bridgehead atoms. The third-order valence-corrected chi connectivity index (χ3v) is 5.92. The van der Waals surface area contributed by atoms with Gasteiger partial charge in [0.2, 0.25) is 15.9 Å². The molecule has 1 amide bonds. The fourth-order valence-electron chi connectivity index (χ4n) is 3.20. The summed E-state index contributed by atoms with van der Waals surface area (Å²) in [5.74, 6) is -0.980. The molecule has 0 spiro atoms. The number of fused-ring (bicyclic) bond motifs is 2. The molecule has 0 unspecified atom stereocenters. The van der Waals surface area contributed by atoms with E-state index < -0.39 is 15.8 Å². The second kappa shape index (κ2) is 5.82. The van der Waals surface area contributed by atoms with Crippen molar-refractivity contribution in [2.75, 3.05) is 12.4 Å². The summed E-state index contributed by atoms with van der Waals surface area (Å²) < 4.78 is 31.0. The maximum atomic E-state index is 12.1. The minimum absolute atomic E-state index is 0.152. The number of hydrogen-bond acceptors (Lipinski definition) is 5. The second-order valence-corrected chi connectivity index (χ2v) is 7.92. The minimum atomic E-state index is -3.52. The predicted molar refractivity (Wildman–Crippen MR) is 94.6 cm³/mol. The van der Waals surface area contributed by atoms with Crippen molar-refractivity contribution >= 4 is 32.7 Å². The van der Waals surface area contributed by atoms with Crippen molar-refractivity contribution in [2.45, 2.75) is 17.2 Å². The summed E-state index contributed by atoms with van der Waals surface area (Å²) in [5.41, 5.74) is 3.13. The number of nitrogens with one attached hydrogen (secondary N) is 3. The number of sulfonamides is 1. The Morgan fingerprint density at radius 3 is 2.58 bits per heavy atom. The summed E-state index contributed by atoms with van der Waals surface area (Å²) in [6.07, 6.45) is 0.221. The van der Waals surface area contributed by atoms with Gasteiger partial charge in [-0.15, -0.1) is 0 Å². The van der Waals surface area contributed by atoms with Crippen LogP contribution in [-0.2, 0) is 14.8 Å². The van der Waals surface area contributed by atoms with Crippen molar-refractivity contribution in [3.63, 3.8) is 0 Å². The van der Waals surface area contributed by atoms with Crippen molar-refractivity contribution < 1.29 is 17.6 Å². The summed E-state index contributed by atoms with van der Waals surface area (Å²) in [4.78, 5) is 26.3. The zero-order valence-corrected chi connectivity index (χ0v) is 14.5. The third-order valence-electron chi connectivity index (χ3n) is 4.49. The van der Waals surface area contributed by atoms with Crippen LogP contribution in [0.15, 0.2) is 50.5 Å². The van der Waals surface area contributed by atoms with Crippen molar-refractivity contribution in [3.8, 4) is 0 Å². The first kappa shape index (κ1) is 16.6. The van der Waals surface area contributed by atoms with Crippen LogP contribution < -0.4 is 15.8 Å². The van der Waals surface area contributed by atoms with Crippen LogP contribution in [0, 0.1) is 0 Å². The molecule has 9 heteroatoms. The van der Waals surface area contributed by atoms with E-state index in [1.54, 1.807) is 24.3 Å². The van der Waals surface area contributed by atoms with Gasteiger partial charge in [-0.05, 0) is 36.4 Å². The van der Waals surface area contributed by atoms with Gasteiger partial charge in [-0.25, -0.2) is 17.9 Å². The Hall–Kier alpha value is -2.91. The Bertz CT molecular complexity index is 1180. The molecule has 26 heavy (non-hydrogen) atoms. The number of oxazole rings is 1. The maximum absolute atomic E-state index is 12.1. The smallest absolute Gasteiger partial charge is 0.408 e. The van der Waals surface area contributed by atoms with Crippen LogP contribution in [-0.4, -0.2) is 26.4 Å². The highest BCUT2D eigenvalue weighted by molar-refractivity contribution is 7.89. The van der Waals surface area contributed by atoms with E-state index in [-0.39, 0.29) is 23.1 Å². The van der Waals surface area contributed by atoms with Gasteiger partial charge >= 0.3 is 5.76 Å². The van der Waals surface area contributed by atoms with Crippen LogP contribution in [0.2, 0.25) is 0 Å². The molecule has 0 saturated heterocycles. The van der Waals surface area contributed by atoms with Crippen LogP contribution in [0.5, 0.6) is 0 Å². The summed E-state index contributed by atoms with van der Waals surface area (Å²) in [6.45, 7) is 0. The van der Waals surface area contributed by atoms with Gasteiger partial charge in [-0.2, -0.15) is 0 Å². The lowest BCUT2D eigenvalue weighted by atomic mass is 9.84. The first-order valence-electron chi connectivity index (χ1n) is 7.87. The first-order valence-corrected chi connectivity index (χ1v) is 9.36. The quantitative estimate of drug-likeness (QED) is 0.642. The number of anilines is 1. The van der Waals surface area contributed by atoms with Crippen molar-refractivity contribution in [1.29, 1.82) is 0 Å². The monoisotopic (exact) mass is 373 g/mol. The van der Waals surface area contributed by atoms with Crippen LogP contribution in [0.3, 0.4) is 0 Å². The molecule has 2 aromatic carbocycles. The average molecular weight is 373 g/mol. The van der Waals surface area contributed by atoms with Gasteiger partial charge in [-0.1, -0.05) is 12.1 Å². The SMILES string of the molecule is CNS(=O)(=O)c1ccc([C@H]2CC(=O)Nc3cc4oc(=O)[nH]c4cc32)cc1. The number of carbonyl (C=O) groups excluding carboxylic acids is 1. The molecule has 4 rings (SSSR count). The molecule has 1 aliphatic rings. The molecule has 0 fully saturated rings. The molecule has 8 nitrogen and oxygen atoms in total. The average Bonchev–Trinajstić information content (AvgIpc) is 2.98. The number of H-pyrrole nitrogens is 1. The second-order valence-electron chi connectivity index (χ2n) is 6.03. The molecule has 0 saturated carbocycles. The normalized spacial score (nSPS) is 17.1. The van der Waals surface area contributed by atoms with Crippen LogP contribution in [0.4, 0.5) is 5.69 Å². The Morgan fingerprint density at radius 2 is 1.88 bits per heavy atom. The molecular formula is C17H15N3O5S. The van der Waals surface area contributed by atoms with E-state index in [1.165, 1.54) is 19.2 Å². The number of aromatic amines is 1. The summed E-state index contributed by atoms with van der Waals surface area (Å²) in [7, 11) is -2.18. The third kappa shape index (κ3) is 2.71. The van der Waals surface area contributed by atoms with Gasteiger partial charge in [0.15, 0.2) is 5.58 Å². The van der Waals surface area contributed by atoms with E-state index in [2.05, 4.69) is 15.0 Å². The van der Waals surface area contributed by atoms with Gasteiger partial charge in [0.25, 0.3) is 0 Å². The fourth-order valence-corrected chi connectivity index (χ4v) is 3.93. The van der Waals surface area contributed by atoms with E-state index in [0.717, 1.165) is 11.1 Å². The van der Waals surface area contributed by atoms with Crippen LogP contribution in [0.25, 0.3) is 11.1 Å². The molecule has 2 heterocycles. The number of amides is 1. The van der Waals surface area contributed by atoms with Crippen LogP contribution in [0.1, 0.15) is 23.5 Å². The molecule has 3 N–H and O–H groups in total. The minimum Gasteiger partial charge on any atom is -0.408 e. The maximum Gasteiger partial charge on any atom is 0.417 e. The Morgan fingerprint density at radius 1 is 1.15 bits per heavy atom. The summed E-state index contributed by atoms with van der Waals surface area (Å²) in [6, 6.07) is 9.79. The zero-order valence-electron chi connectivity index (χ0n) is 13.7. The highest BCUT2D eigenvalue weighted by Gasteiger charge is 2.28. The molecule has 0 radical (unpaired) electrons. The van der Waals surface area contributed by atoms with Gasteiger partial charge in [0.05, 0.1) is 10.4 Å². The van der Waals surface area contributed by atoms with E-state index >= 15 is 0 Å². The number of rotatable bonds is 3. The zero-order chi connectivity index (χ0) is 18.5. The lowest BCUT2D eigenvalue weighted by molar-refractivity contribution is -0.116. The summed E-state index contributed by atoms with van der Waals surface area (Å²) >= 11 is 0. The molecule has 1 atom stereocenters. The van der Waals surface area contributed by atoms with E-state index in [4.69, 9.17) is 4.42 Å². The largest absolute Gasteiger partial charge is 0.417 e. The van der Waals surface area contributed by atoms with Crippen molar-refractivity contribution in [1.82, 2.24) is 9.71 Å². The molecule has 1 aliphatic heterocycles. The Labute approximate surface area is 148 Å². The number of benzene rings is 2. The van der Waals surface area contributed by atoms with Crippen molar-refractivity contribution in [3.05, 3.63) is 58.1 Å². The van der Waals surface area contributed by atoms with Gasteiger partial charge < -0.3 is 9.73 Å². The lowest BCUT2D eigenvalue weighted by Gasteiger charge is -2.26. The lowest BCUT2D eigenvalue weighted by Crippen LogP contribution is -2.23. The topological polar surface area (TPSA) is 121 Å². The fraction of sp³-hybridized carbons (Fsp3) is 0.176. The molecule has 134 valence electrons. The highest BCUT2D eigenvalue weighted by atomic mass is 32.2. The van der Waals surface area contributed by atoms with Gasteiger partial charge in [0, 0.05) is 24.1 Å². The number of carbonyl (C=O) groups is 1. The molecule has 0 aliphatic carbocycles.